The smallest absolute Gasteiger partial charge is 0.326 e. The first-order valence-electron chi connectivity index (χ1n) is 10.6. The number of phenols is 1. The Morgan fingerprint density at radius 1 is 0.778 bits per heavy atom. The van der Waals surface area contributed by atoms with E-state index < -0.39 is 85.7 Å². The minimum Gasteiger partial charge on any atom is -0.508 e. The molecule has 0 aliphatic heterocycles. The molecule has 15 heteroatoms. The van der Waals surface area contributed by atoms with Crippen LogP contribution in [0.3, 0.4) is 0 Å². The molecule has 0 fully saturated rings. The molecule has 0 aliphatic rings. The van der Waals surface area contributed by atoms with Crippen LogP contribution in [-0.2, 0) is 35.2 Å². The molecule has 10 N–H and O–H groups in total. The number of aromatic hydroxyl groups is 1. The number of benzene rings is 1. The van der Waals surface area contributed by atoms with Crippen LogP contribution in [0.4, 0.5) is 0 Å². The van der Waals surface area contributed by atoms with Crippen molar-refractivity contribution in [2.75, 3.05) is 6.61 Å². The molecule has 3 amide bonds. The highest BCUT2D eigenvalue weighted by molar-refractivity contribution is 5.95. The molecule has 15 nitrogen and oxygen atoms in total. The molecule has 36 heavy (non-hydrogen) atoms. The zero-order valence-corrected chi connectivity index (χ0v) is 18.9. The average Bonchev–Trinajstić information content (AvgIpc) is 2.80. The van der Waals surface area contributed by atoms with Crippen LogP contribution < -0.4 is 21.7 Å². The lowest BCUT2D eigenvalue weighted by molar-refractivity contribution is -0.144. The molecule has 0 saturated carbocycles. The lowest BCUT2D eigenvalue weighted by Crippen LogP contribution is -2.58. The third-order valence-corrected chi connectivity index (χ3v) is 4.82. The minimum atomic E-state index is -1.70. The molecule has 0 heterocycles. The zero-order chi connectivity index (χ0) is 27.4. The fraction of sp³-hybridized carbons (Fsp3) is 0.429. The number of hydrogen-bond acceptors (Lipinski definition) is 9. The number of carbonyl (C=O) groups excluding carboxylic acids is 3. The SMILES string of the molecule is NC(CO)C(=O)NC(CC(=O)O)C(=O)NC(Cc1ccc(O)cc1)C(=O)NC(CCC(=O)O)C(=O)O. The van der Waals surface area contributed by atoms with Crippen molar-refractivity contribution in [2.45, 2.75) is 49.9 Å². The number of aliphatic carboxylic acids is 3. The maximum atomic E-state index is 12.9. The van der Waals surface area contributed by atoms with Crippen LogP contribution in [0.1, 0.15) is 24.8 Å². The maximum Gasteiger partial charge on any atom is 0.326 e. The van der Waals surface area contributed by atoms with Crippen LogP contribution in [0.5, 0.6) is 5.75 Å². The van der Waals surface area contributed by atoms with Crippen molar-refractivity contribution >= 4 is 35.6 Å². The van der Waals surface area contributed by atoms with E-state index in [1.54, 1.807) is 0 Å². The van der Waals surface area contributed by atoms with Crippen molar-refractivity contribution in [2.24, 2.45) is 5.73 Å². The summed E-state index contributed by atoms with van der Waals surface area (Å²) in [6.45, 7) is -0.786. The molecule has 198 valence electrons. The van der Waals surface area contributed by atoms with Gasteiger partial charge in [-0.05, 0) is 24.1 Å². The lowest BCUT2D eigenvalue weighted by Gasteiger charge is -2.24. The van der Waals surface area contributed by atoms with Gasteiger partial charge in [-0.25, -0.2) is 4.79 Å². The molecule has 0 saturated heterocycles. The first kappa shape index (κ1) is 29.8. The van der Waals surface area contributed by atoms with Crippen LogP contribution in [0.2, 0.25) is 0 Å². The summed E-state index contributed by atoms with van der Waals surface area (Å²) in [4.78, 5) is 71.1. The number of aliphatic hydroxyl groups is 1. The number of carbonyl (C=O) groups is 6. The largest absolute Gasteiger partial charge is 0.508 e. The van der Waals surface area contributed by atoms with Gasteiger partial charge >= 0.3 is 17.9 Å². The van der Waals surface area contributed by atoms with Crippen LogP contribution in [0.15, 0.2) is 24.3 Å². The maximum absolute atomic E-state index is 12.9. The number of nitrogens with one attached hydrogen (secondary N) is 3. The highest BCUT2D eigenvalue weighted by atomic mass is 16.4. The van der Waals surface area contributed by atoms with Gasteiger partial charge in [0.2, 0.25) is 17.7 Å². The van der Waals surface area contributed by atoms with Gasteiger partial charge in [0.05, 0.1) is 13.0 Å². The second kappa shape index (κ2) is 14.2. The predicted octanol–water partition coefficient (Wildman–Crippen LogP) is -2.87. The fourth-order valence-corrected chi connectivity index (χ4v) is 2.89. The second-order valence-electron chi connectivity index (χ2n) is 7.71. The highest BCUT2D eigenvalue weighted by Gasteiger charge is 2.31. The van der Waals surface area contributed by atoms with Crippen molar-refractivity contribution < 1.29 is 54.3 Å². The van der Waals surface area contributed by atoms with Gasteiger partial charge in [-0.15, -0.1) is 0 Å². The van der Waals surface area contributed by atoms with Crippen LogP contribution >= 0.6 is 0 Å². The summed E-state index contributed by atoms with van der Waals surface area (Å²) >= 11 is 0. The zero-order valence-electron chi connectivity index (χ0n) is 18.9. The second-order valence-corrected chi connectivity index (χ2v) is 7.71. The van der Waals surface area contributed by atoms with Crippen LogP contribution in [0.25, 0.3) is 0 Å². The quantitative estimate of drug-likeness (QED) is 0.115. The molecular weight excluding hydrogens is 484 g/mol. The number of nitrogens with two attached hydrogens (primary N) is 1. The molecule has 0 aliphatic carbocycles. The van der Waals surface area contributed by atoms with E-state index in [9.17, 15) is 39.0 Å². The number of rotatable bonds is 15. The fourth-order valence-electron chi connectivity index (χ4n) is 2.89. The van der Waals surface area contributed by atoms with Crippen molar-refractivity contribution in [3.63, 3.8) is 0 Å². The molecule has 0 bridgehead atoms. The van der Waals surface area contributed by atoms with Gasteiger partial charge in [-0.2, -0.15) is 0 Å². The van der Waals surface area contributed by atoms with Crippen molar-refractivity contribution in [1.82, 2.24) is 16.0 Å². The molecule has 4 unspecified atom stereocenters. The number of hydrogen-bond donors (Lipinski definition) is 9. The lowest BCUT2D eigenvalue weighted by atomic mass is 10.0. The number of aliphatic hydroxyl groups excluding tert-OH is 1. The Bertz CT molecular complexity index is 967. The predicted molar refractivity (Wildman–Crippen MR) is 119 cm³/mol. The molecule has 0 aromatic heterocycles. The topological polar surface area (TPSA) is 266 Å². The Hall–Kier alpha value is -4.24. The Labute approximate surface area is 204 Å². The monoisotopic (exact) mass is 512 g/mol. The summed E-state index contributed by atoms with van der Waals surface area (Å²) in [6.07, 6.45) is -2.16. The Morgan fingerprint density at radius 3 is 1.81 bits per heavy atom. The van der Waals surface area contributed by atoms with Gasteiger partial charge in [0, 0.05) is 12.8 Å². The van der Waals surface area contributed by atoms with E-state index in [1.807, 2.05) is 0 Å². The third-order valence-electron chi connectivity index (χ3n) is 4.82. The van der Waals surface area contributed by atoms with Gasteiger partial charge in [0.15, 0.2) is 0 Å². The van der Waals surface area contributed by atoms with E-state index in [-0.39, 0.29) is 12.2 Å². The number of carboxylic acid groups (broad SMARTS) is 3. The van der Waals surface area contributed by atoms with E-state index in [4.69, 9.17) is 21.1 Å². The van der Waals surface area contributed by atoms with E-state index >= 15 is 0 Å². The van der Waals surface area contributed by atoms with Gasteiger partial charge in [0.25, 0.3) is 0 Å². The standard InChI is InChI=1S/C21H28N4O11/c22-12(9-26)18(32)24-15(8-17(30)31)20(34)25-14(7-10-1-3-11(27)4-2-10)19(33)23-13(21(35)36)5-6-16(28)29/h1-4,12-15,26-27H,5-9,22H2,(H,23,33)(H,24,32)(H,25,34)(H,28,29)(H,30,31)(H,35,36). The highest BCUT2D eigenvalue weighted by Crippen LogP contribution is 2.12. The van der Waals surface area contributed by atoms with Crippen molar-refractivity contribution in [3.8, 4) is 5.75 Å². The minimum absolute atomic E-state index is 0.0899. The summed E-state index contributed by atoms with van der Waals surface area (Å²) in [5, 5.41) is 52.1. The average molecular weight is 512 g/mol. The van der Waals surface area contributed by atoms with Crippen molar-refractivity contribution in [1.29, 1.82) is 0 Å². The van der Waals surface area contributed by atoms with E-state index in [0.29, 0.717) is 5.56 Å². The Balaban J connectivity index is 3.16. The molecule has 4 atom stereocenters. The van der Waals surface area contributed by atoms with Crippen molar-refractivity contribution in [3.05, 3.63) is 29.8 Å². The van der Waals surface area contributed by atoms with E-state index in [1.165, 1.54) is 24.3 Å². The molecule has 1 rings (SSSR count). The van der Waals surface area contributed by atoms with Gasteiger partial charge in [-0.3, -0.25) is 24.0 Å². The summed E-state index contributed by atoms with van der Waals surface area (Å²) < 4.78 is 0. The third kappa shape index (κ3) is 10.4. The molecule has 1 aromatic rings. The van der Waals surface area contributed by atoms with E-state index in [0.717, 1.165) is 0 Å². The summed E-state index contributed by atoms with van der Waals surface area (Å²) in [7, 11) is 0. The number of amides is 3. The Morgan fingerprint density at radius 2 is 1.31 bits per heavy atom. The van der Waals surface area contributed by atoms with E-state index in [2.05, 4.69) is 16.0 Å². The first-order valence-corrected chi connectivity index (χ1v) is 10.6. The van der Waals surface area contributed by atoms with Crippen LogP contribution in [-0.4, -0.2) is 91.9 Å². The molecule has 1 aromatic carbocycles. The Kier molecular flexibility index (Phi) is 11.8. The number of phenolic OH excluding ortho intramolecular Hbond substituents is 1. The molecule has 0 spiro atoms. The molecule has 0 radical (unpaired) electrons. The first-order chi connectivity index (χ1) is 16.8. The molecular formula is C21H28N4O11. The summed E-state index contributed by atoms with van der Waals surface area (Å²) in [6, 6.07) is -0.833. The summed E-state index contributed by atoms with van der Waals surface area (Å²) in [5.41, 5.74) is 5.78. The number of carboxylic acids is 3. The van der Waals surface area contributed by atoms with Gasteiger partial charge in [-0.1, -0.05) is 12.1 Å². The van der Waals surface area contributed by atoms with Gasteiger partial charge in [0.1, 0.15) is 29.9 Å². The normalized spacial score (nSPS) is 13.9. The van der Waals surface area contributed by atoms with Gasteiger partial charge < -0.3 is 47.2 Å². The van der Waals surface area contributed by atoms with Crippen LogP contribution in [0, 0.1) is 0 Å². The summed E-state index contributed by atoms with van der Waals surface area (Å²) in [5.74, 6) is -7.56.